The lowest BCUT2D eigenvalue weighted by Gasteiger charge is -2.44. The summed E-state index contributed by atoms with van der Waals surface area (Å²) >= 11 is 0. The molecule has 1 heterocycles. The summed E-state index contributed by atoms with van der Waals surface area (Å²) in [5.41, 5.74) is 0. The molecule has 0 bridgehead atoms. The maximum Gasteiger partial charge on any atom is 0.317 e. The third-order valence-corrected chi connectivity index (χ3v) is 10.7. The first-order valence-electron chi connectivity index (χ1n) is 21.6. The number of nitrogens with zero attached hydrogens (tertiary/aromatic N) is 2. The van der Waals surface area contributed by atoms with E-state index in [1.807, 2.05) is 11.8 Å². The van der Waals surface area contributed by atoms with E-state index in [0.717, 1.165) is 38.5 Å². The smallest absolute Gasteiger partial charge is 0.317 e. The minimum atomic E-state index is -1.29. The van der Waals surface area contributed by atoms with Gasteiger partial charge in [-0.1, -0.05) is 168 Å². The summed E-state index contributed by atoms with van der Waals surface area (Å²) in [7, 11) is 3.15. The number of urea groups is 1. The van der Waals surface area contributed by atoms with Crippen LogP contribution < -0.4 is 5.32 Å². The lowest BCUT2D eigenvalue weighted by molar-refractivity contribution is -0.257. The van der Waals surface area contributed by atoms with Gasteiger partial charge in [0, 0.05) is 40.2 Å². The first-order valence-corrected chi connectivity index (χ1v) is 21.6. The maximum absolute atomic E-state index is 13.5. The van der Waals surface area contributed by atoms with E-state index in [9.17, 15) is 19.8 Å². The van der Waals surface area contributed by atoms with Gasteiger partial charge < -0.3 is 34.8 Å². The van der Waals surface area contributed by atoms with E-state index in [-0.39, 0.29) is 18.5 Å². The van der Waals surface area contributed by atoms with Crippen molar-refractivity contribution in [3.05, 3.63) is 0 Å². The van der Waals surface area contributed by atoms with Crippen molar-refractivity contribution in [1.29, 1.82) is 0 Å². The van der Waals surface area contributed by atoms with E-state index in [4.69, 9.17) is 9.47 Å². The number of aliphatic hydroxyl groups is 2. The van der Waals surface area contributed by atoms with Crippen LogP contribution in [0.2, 0.25) is 0 Å². The molecule has 1 aliphatic heterocycles. The summed E-state index contributed by atoms with van der Waals surface area (Å²) in [4.78, 5) is 29.6. The molecule has 0 spiro atoms. The number of rotatable bonds is 33. The van der Waals surface area contributed by atoms with Gasteiger partial charge in [0.2, 0.25) is 5.91 Å². The molecule has 0 aromatic rings. The Morgan fingerprint density at radius 1 is 0.608 bits per heavy atom. The summed E-state index contributed by atoms with van der Waals surface area (Å²) in [6.45, 7) is 7.85. The molecular formula is C42H83N3O6. The van der Waals surface area contributed by atoms with Gasteiger partial charge in [-0.2, -0.15) is 0 Å². The SMILES string of the molecule is CCCCCCCCCCCCCCCCCCN(C[C@H]1O[C@H](OC)[C@H](NC(=O)N(C)CCC)[C@@H](O)[C@@H]1O)C(=O)CCCCCCCCCCC. The highest BCUT2D eigenvalue weighted by molar-refractivity contribution is 5.76. The van der Waals surface area contributed by atoms with Gasteiger partial charge in [0.05, 0.1) is 0 Å². The van der Waals surface area contributed by atoms with Crippen molar-refractivity contribution in [3.63, 3.8) is 0 Å². The van der Waals surface area contributed by atoms with Crippen LogP contribution in [0.1, 0.15) is 194 Å². The minimum Gasteiger partial charge on any atom is -0.388 e. The Balaban J connectivity index is 2.55. The highest BCUT2D eigenvalue weighted by atomic mass is 16.7. The van der Waals surface area contributed by atoms with Crippen molar-refractivity contribution in [2.24, 2.45) is 0 Å². The molecule has 1 rings (SSSR count). The molecular weight excluding hydrogens is 642 g/mol. The summed E-state index contributed by atoms with van der Waals surface area (Å²) in [5, 5.41) is 25.0. The molecule has 1 saturated heterocycles. The molecule has 0 aliphatic carbocycles. The molecule has 0 radical (unpaired) electrons. The number of carbonyl (C=O) groups is 2. The number of amides is 3. The first kappa shape index (κ1) is 47.6. The van der Waals surface area contributed by atoms with Crippen molar-refractivity contribution in [2.45, 2.75) is 225 Å². The largest absolute Gasteiger partial charge is 0.388 e. The number of hydrogen-bond donors (Lipinski definition) is 3. The summed E-state index contributed by atoms with van der Waals surface area (Å²) in [5.74, 6) is 0.0785. The fourth-order valence-electron chi connectivity index (χ4n) is 7.26. The number of unbranched alkanes of at least 4 members (excludes halogenated alkanes) is 23. The predicted octanol–water partition coefficient (Wildman–Crippen LogP) is 9.51. The Kier molecular flexibility index (Phi) is 29.9. The van der Waals surface area contributed by atoms with E-state index >= 15 is 0 Å². The van der Waals surface area contributed by atoms with Gasteiger partial charge in [-0.05, 0) is 19.3 Å². The van der Waals surface area contributed by atoms with Crippen LogP contribution >= 0.6 is 0 Å². The fraction of sp³-hybridized carbons (Fsp3) is 0.952. The van der Waals surface area contributed by atoms with Crippen molar-refractivity contribution in [3.8, 4) is 0 Å². The van der Waals surface area contributed by atoms with Gasteiger partial charge in [-0.15, -0.1) is 0 Å². The molecule has 3 amide bonds. The standard InChI is InChI=1S/C42H83N3O6/c1-6-9-11-13-15-17-18-19-20-21-22-23-25-27-29-31-34-45(37(46)32-30-28-26-24-16-14-12-10-7-2)35-36-39(47)40(48)38(41(50-5)51-36)43-42(49)44(4)33-8-3/h36,38-41,47-48H,6-35H2,1-5H3,(H,43,49)/t36-,38-,39-,40-,41+/m1/s1. The van der Waals surface area contributed by atoms with Gasteiger partial charge in [-0.3, -0.25) is 4.79 Å². The Hall–Kier alpha value is -1.42. The van der Waals surface area contributed by atoms with E-state index in [0.29, 0.717) is 19.5 Å². The van der Waals surface area contributed by atoms with Gasteiger partial charge in [0.25, 0.3) is 0 Å². The summed E-state index contributed by atoms with van der Waals surface area (Å²) < 4.78 is 11.7. The topological polar surface area (TPSA) is 112 Å². The van der Waals surface area contributed by atoms with Crippen molar-refractivity contribution in [2.75, 3.05) is 33.8 Å². The number of nitrogens with one attached hydrogen (secondary N) is 1. The van der Waals surface area contributed by atoms with Crippen LogP contribution in [0.25, 0.3) is 0 Å². The molecule has 9 nitrogen and oxygen atoms in total. The molecule has 5 atom stereocenters. The second-order valence-electron chi connectivity index (χ2n) is 15.4. The Bertz CT molecular complexity index is 830. The monoisotopic (exact) mass is 726 g/mol. The number of carbonyl (C=O) groups excluding carboxylic acids is 2. The molecule has 0 aromatic heterocycles. The zero-order valence-corrected chi connectivity index (χ0v) is 34.0. The highest BCUT2D eigenvalue weighted by Gasteiger charge is 2.46. The third-order valence-electron chi connectivity index (χ3n) is 10.7. The normalized spacial score (nSPS) is 20.4. The average molecular weight is 726 g/mol. The molecule has 51 heavy (non-hydrogen) atoms. The predicted molar refractivity (Wildman–Crippen MR) is 211 cm³/mol. The van der Waals surface area contributed by atoms with Gasteiger partial charge in [0.15, 0.2) is 6.29 Å². The average Bonchev–Trinajstić information content (AvgIpc) is 3.12. The van der Waals surface area contributed by atoms with E-state index in [1.54, 1.807) is 7.05 Å². The van der Waals surface area contributed by atoms with Crippen molar-refractivity contribution < 1.29 is 29.3 Å². The Morgan fingerprint density at radius 3 is 1.47 bits per heavy atom. The van der Waals surface area contributed by atoms with Gasteiger partial charge >= 0.3 is 6.03 Å². The second kappa shape index (κ2) is 32.0. The van der Waals surface area contributed by atoms with Crippen LogP contribution in [0.3, 0.4) is 0 Å². The lowest BCUT2D eigenvalue weighted by Crippen LogP contribution is -2.66. The summed E-state index contributed by atoms with van der Waals surface area (Å²) in [6.07, 6.45) is 28.5. The summed E-state index contributed by atoms with van der Waals surface area (Å²) in [6, 6.07) is -1.29. The molecule has 302 valence electrons. The molecule has 9 heteroatoms. The van der Waals surface area contributed by atoms with Crippen LogP contribution in [-0.2, 0) is 14.3 Å². The van der Waals surface area contributed by atoms with Gasteiger partial charge in [0.1, 0.15) is 24.4 Å². The van der Waals surface area contributed by atoms with Crippen LogP contribution in [0.4, 0.5) is 4.79 Å². The minimum absolute atomic E-state index is 0.0785. The van der Waals surface area contributed by atoms with Crippen LogP contribution in [-0.4, -0.2) is 96.4 Å². The van der Waals surface area contributed by atoms with E-state index in [1.165, 1.54) is 140 Å². The third kappa shape index (κ3) is 22.4. The molecule has 1 fully saturated rings. The van der Waals surface area contributed by atoms with E-state index < -0.39 is 30.6 Å². The molecule has 0 unspecified atom stereocenters. The zero-order valence-electron chi connectivity index (χ0n) is 34.0. The Labute approximate surface area is 314 Å². The highest BCUT2D eigenvalue weighted by Crippen LogP contribution is 2.24. The zero-order chi connectivity index (χ0) is 37.5. The number of hydrogen-bond acceptors (Lipinski definition) is 6. The second-order valence-corrected chi connectivity index (χ2v) is 15.4. The Morgan fingerprint density at radius 2 is 1.04 bits per heavy atom. The number of ether oxygens (including phenoxy) is 2. The van der Waals surface area contributed by atoms with Crippen molar-refractivity contribution in [1.82, 2.24) is 15.1 Å². The molecule has 0 aromatic carbocycles. The number of methoxy groups -OCH3 is 1. The number of aliphatic hydroxyl groups excluding tert-OH is 2. The maximum atomic E-state index is 13.5. The van der Waals surface area contributed by atoms with Crippen LogP contribution in [0.5, 0.6) is 0 Å². The fourth-order valence-corrected chi connectivity index (χ4v) is 7.26. The molecule has 1 aliphatic rings. The molecule has 0 saturated carbocycles. The molecule has 3 N–H and O–H groups in total. The van der Waals surface area contributed by atoms with Crippen LogP contribution in [0.15, 0.2) is 0 Å². The van der Waals surface area contributed by atoms with E-state index in [2.05, 4.69) is 19.2 Å². The van der Waals surface area contributed by atoms with Gasteiger partial charge in [-0.25, -0.2) is 4.79 Å². The quantitative estimate of drug-likeness (QED) is 0.0582. The lowest BCUT2D eigenvalue weighted by atomic mass is 9.96. The van der Waals surface area contributed by atoms with Crippen LogP contribution in [0, 0.1) is 0 Å². The first-order chi connectivity index (χ1) is 24.8. The van der Waals surface area contributed by atoms with Crippen molar-refractivity contribution >= 4 is 11.9 Å².